The number of esters is 2. The minimum atomic E-state index is -4.80. The Morgan fingerprint density at radius 1 is 0.604 bits per heavy atom. The van der Waals surface area contributed by atoms with Crippen molar-refractivity contribution in [1.82, 2.24) is 0 Å². The summed E-state index contributed by atoms with van der Waals surface area (Å²) in [6.07, 6.45) is 48.6. The number of carbonyl (C=O) groups is 2. The maximum Gasteiger partial charge on any atom is 0.469 e. The number of aliphatic hydroxyl groups excluding tert-OH is 1. The molecule has 0 aromatic heterocycles. The Hall–Kier alpha value is -3.33. The normalized spacial score (nSPS) is 14.3. The van der Waals surface area contributed by atoms with Crippen molar-refractivity contribution < 1.29 is 43.0 Å². The number of rotatable bonds is 33. The second-order valence-corrected chi connectivity index (χ2v) is 13.6. The molecule has 0 bridgehead atoms. The number of unbranched alkanes of at least 4 members (excludes halogenated alkanes) is 4. The lowest BCUT2D eigenvalue weighted by Crippen LogP contribution is -2.29. The first kappa shape index (κ1) is 49.7. The number of aliphatic hydroxyl groups is 1. The third-order valence-corrected chi connectivity index (χ3v) is 7.86. The first-order valence-electron chi connectivity index (χ1n) is 19.3. The Morgan fingerprint density at radius 2 is 1.09 bits per heavy atom. The molecule has 0 aromatic rings. The van der Waals surface area contributed by atoms with E-state index in [-0.39, 0.29) is 25.6 Å². The highest BCUT2D eigenvalue weighted by Gasteiger charge is 2.22. The first-order valence-corrected chi connectivity index (χ1v) is 20.8. The van der Waals surface area contributed by atoms with Crippen LogP contribution in [0.4, 0.5) is 0 Å². The highest BCUT2D eigenvalue weighted by Crippen LogP contribution is 2.35. The van der Waals surface area contributed by atoms with Crippen molar-refractivity contribution in [3.8, 4) is 0 Å². The predicted molar refractivity (Wildman–Crippen MR) is 217 cm³/mol. The van der Waals surface area contributed by atoms with E-state index in [0.717, 1.165) is 70.6 Å². The molecule has 0 spiro atoms. The molecule has 2 atom stereocenters. The van der Waals surface area contributed by atoms with Crippen molar-refractivity contribution >= 4 is 19.8 Å². The molecular weight excluding hydrogens is 691 g/mol. The van der Waals surface area contributed by atoms with Gasteiger partial charge in [-0.15, -0.1) is 0 Å². The molecule has 53 heavy (non-hydrogen) atoms. The average Bonchev–Trinajstić information content (AvgIpc) is 3.12. The van der Waals surface area contributed by atoms with Crippen molar-refractivity contribution in [2.75, 3.05) is 13.2 Å². The van der Waals surface area contributed by atoms with Crippen LogP contribution in [0.25, 0.3) is 0 Å². The smallest absolute Gasteiger partial charge is 0.462 e. The fraction of sp³-hybridized carbons (Fsp3) is 0.535. The molecular formula is C43H67O9P. The molecule has 0 aliphatic carbocycles. The zero-order valence-electron chi connectivity index (χ0n) is 32.2. The first-order chi connectivity index (χ1) is 25.7. The summed E-state index contributed by atoms with van der Waals surface area (Å²) in [7, 11) is -4.80. The number of phosphoric acid groups is 1. The van der Waals surface area contributed by atoms with Crippen LogP contribution < -0.4 is 0 Å². The molecule has 0 unspecified atom stereocenters. The quantitative estimate of drug-likeness (QED) is 0.0196. The fourth-order valence-electron chi connectivity index (χ4n) is 4.51. The topological polar surface area (TPSA) is 140 Å². The van der Waals surface area contributed by atoms with E-state index in [1.165, 1.54) is 0 Å². The largest absolute Gasteiger partial charge is 0.469 e. The van der Waals surface area contributed by atoms with Gasteiger partial charge in [-0.3, -0.25) is 14.1 Å². The van der Waals surface area contributed by atoms with Crippen molar-refractivity contribution in [3.63, 3.8) is 0 Å². The summed E-state index contributed by atoms with van der Waals surface area (Å²) in [4.78, 5) is 42.7. The average molecular weight is 759 g/mol. The number of phosphoric ester groups is 1. The summed E-state index contributed by atoms with van der Waals surface area (Å²) >= 11 is 0. The van der Waals surface area contributed by atoms with Crippen LogP contribution in [-0.2, 0) is 28.2 Å². The van der Waals surface area contributed by atoms with Crippen LogP contribution in [-0.4, -0.2) is 52.3 Å². The van der Waals surface area contributed by atoms with Gasteiger partial charge in [-0.1, -0.05) is 142 Å². The van der Waals surface area contributed by atoms with Gasteiger partial charge in [0.05, 0.1) is 12.7 Å². The summed E-state index contributed by atoms with van der Waals surface area (Å²) in [5.74, 6) is -1.06. The van der Waals surface area contributed by atoms with Crippen LogP contribution >= 0.6 is 7.82 Å². The van der Waals surface area contributed by atoms with E-state index in [0.29, 0.717) is 25.7 Å². The van der Waals surface area contributed by atoms with Crippen LogP contribution in [0.3, 0.4) is 0 Å². The second kappa shape index (κ2) is 37.0. The third-order valence-electron chi connectivity index (χ3n) is 7.38. The standard InChI is InChI=1S/C43H67O9P/c1-3-5-7-8-9-10-11-12-13-14-15-16-19-23-26-29-33-37-43(46)52-41(39-51-53(47,48)49)38-50-42(45)36-32-28-25-22-20-17-18-21-24-27-31-35-40(44)34-30-6-4-2/h5,7,9-10,12-13,15-18,22-27,31,35,40-41,44H,3-4,6,8,11,14,19-21,28-30,32-34,36-39H2,1-2H3,(H2,47,48,49)/b7-5-,10-9-,13-12-,16-15-,18-17-,25-22-,26-23-,27-24-,35-31+/t40-,41-/m1/s1. The van der Waals surface area contributed by atoms with Gasteiger partial charge in [0.25, 0.3) is 0 Å². The molecule has 0 saturated carbocycles. The number of hydrogen-bond acceptors (Lipinski definition) is 7. The number of allylic oxidation sites excluding steroid dienone is 17. The van der Waals surface area contributed by atoms with Gasteiger partial charge in [-0.2, -0.15) is 0 Å². The van der Waals surface area contributed by atoms with Crippen LogP contribution in [0, 0.1) is 0 Å². The molecule has 0 rings (SSSR count). The molecule has 0 radical (unpaired) electrons. The molecule has 0 aliphatic heterocycles. The zero-order chi connectivity index (χ0) is 39.1. The molecule has 298 valence electrons. The third kappa shape index (κ3) is 39.7. The van der Waals surface area contributed by atoms with Crippen LogP contribution in [0.15, 0.2) is 109 Å². The van der Waals surface area contributed by atoms with Gasteiger partial charge in [0.15, 0.2) is 6.10 Å². The number of hydrogen-bond donors (Lipinski definition) is 3. The van der Waals surface area contributed by atoms with Crippen molar-refractivity contribution in [3.05, 3.63) is 109 Å². The summed E-state index contributed by atoms with van der Waals surface area (Å²) in [5, 5.41) is 9.86. The van der Waals surface area contributed by atoms with Crippen molar-refractivity contribution in [2.24, 2.45) is 0 Å². The lowest BCUT2D eigenvalue weighted by atomic mass is 10.1. The van der Waals surface area contributed by atoms with Crippen molar-refractivity contribution in [1.29, 1.82) is 0 Å². The van der Waals surface area contributed by atoms with Gasteiger partial charge in [-0.25, -0.2) is 4.57 Å². The lowest BCUT2D eigenvalue weighted by Gasteiger charge is -2.18. The highest BCUT2D eigenvalue weighted by atomic mass is 31.2. The number of ether oxygens (including phenoxy) is 2. The van der Waals surface area contributed by atoms with E-state index >= 15 is 0 Å². The van der Waals surface area contributed by atoms with Gasteiger partial charge in [0.2, 0.25) is 0 Å². The van der Waals surface area contributed by atoms with E-state index in [2.05, 4.69) is 79.1 Å². The van der Waals surface area contributed by atoms with E-state index < -0.39 is 32.5 Å². The van der Waals surface area contributed by atoms with Crippen LogP contribution in [0.1, 0.15) is 123 Å². The van der Waals surface area contributed by atoms with E-state index in [9.17, 15) is 19.3 Å². The molecule has 0 saturated heterocycles. The van der Waals surface area contributed by atoms with Crippen LogP contribution in [0.2, 0.25) is 0 Å². The second-order valence-electron chi connectivity index (χ2n) is 12.4. The Bertz CT molecular complexity index is 1230. The molecule has 3 N–H and O–H groups in total. The van der Waals surface area contributed by atoms with Crippen LogP contribution in [0.5, 0.6) is 0 Å². The van der Waals surface area contributed by atoms with Gasteiger partial charge in [0.1, 0.15) is 6.61 Å². The fourth-order valence-corrected chi connectivity index (χ4v) is 4.87. The summed E-state index contributed by atoms with van der Waals surface area (Å²) in [6.45, 7) is 3.32. The molecule has 0 aromatic carbocycles. The molecule has 9 nitrogen and oxygen atoms in total. The minimum Gasteiger partial charge on any atom is -0.462 e. The van der Waals surface area contributed by atoms with E-state index in [1.54, 1.807) is 0 Å². The molecule has 10 heteroatoms. The maximum atomic E-state index is 12.4. The van der Waals surface area contributed by atoms with E-state index in [1.807, 2.05) is 48.6 Å². The molecule has 0 fully saturated rings. The van der Waals surface area contributed by atoms with Gasteiger partial charge in [-0.05, 0) is 77.0 Å². The Kier molecular flexibility index (Phi) is 34.7. The Morgan fingerprint density at radius 3 is 1.60 bits per heavy atom. The maximum absolute atomic E-state index is 12.4. The zero-order valence-corrected chi connectivity index (χ0v) is 33.1. The Labute approximate surface area is 319 Å². The molecule has 0 amide bonds. The number of carbonyl (C=O) groups excluding carboxylic acids is 2. The summed E-state index contributed by atoms with van der Waals surface area (Å²) in [6, 6.07) is 0. The molecule has 0 heterocycles. The summed E-state index contributed by atoms with van der Waals surface area (Å²) in [5.41, 5.74) is 0. The van der Waals surface area contributed by atoms with Gasteiger partial charge >= 0.3 is 19.8 Å². The lowest BCUT2D eigenvalue weighted by molar-refractivity contribution is -0.161. The molecule has 0 aliphatic rings. The summed E-state index contributed by atoms with van der Waals surface area (Å²) < 4.78 is 26.2. The SMILES string of the molecule is CC/C=C\C/C=C\C/C=C\C/C=C\C/C=C\CCCC(=O)O[C@H](COC(=O)CCC/C=C\C/C=C\C/C=C\C=C\[C@H](O)CCCCC)COP(=O)(O)O. The van der Waals surface area contributed by atoms with Gasteiger partial charge < -0.3 is 24.4 Å². The Balaban J connectivity index is 4.23. The minimum absolute atomic E-state index is 0.106. The van der Waals surface area contributed by atoms with Crippen molar-refractivity contribution in [2.45, 2.75) is 135 Å². The highest BCUT2D eigenvalue weighted by molar-refractivity contribution is 7.46. The monoisotopic (exact) mass is 758 g/mol. The predicted octanol–water partition coefficient (Wildman–Crippen LogP) is 10.6. The van der Waals surface area contributed by atoms with Gasteiger partial charge in [0, 0.05) is 12.8 Å². The van der Waals surface area contributed by atoms with E-state index in [4.69, 9.17) is 19.3 Å².